The first-order valence-electron chi connectivity index (χ1n) is 12.8. The molecule has 2 bridgehead atoms. The summed E-state index contributed by atoms with van der Waals surface area (Å²) in [7, 11) is 0. The number of ether oxygens (including phenoxy) is 1. The van der Waals surface area contributed by atoms with Crippen molar-refractivity contribution in [2.24, 2.45) is 17.8 Å². The van der Waals surface area contributed by atoms with Gasteiger partial charge in [0.15, 0.2) is 0 Å². The van der Waals surface area contributed by atoms with Gasteiger partial charge in [-0.2, -0.15) is 0 Å². The average Bonchev–Trinajstić information content (AvgIpc) is 3.47. The number of aliphatic hydroxyl groups is 1. The van der Waals surface area contributed by atoms with Crippen molar-refractivity contribution in [2.75, 3.05) is 24.7 Å². The number of fused-ring (bicyclic) bond motifs is 1. The maximum absolute atomic E-state index is 14.6. The van der Waals surface area contributed by atoms with Gasteiger partial charge in [-0.25, -0.2) is 0 Å². The minimum atomic E-state index is -0.887. The molecule has 1 N–H and O–H groups in total. The monoisotopic (exact) mass is 612 g/mol. The number of thioether (sulfide) groups is 1. The molecule has 3 aliphatic heterocycles. The van der Waals surface area contributed by atoms with Crippen LogP contribution in [0.2, 0.25) is 5.02 Å². The summed E-state index contributed by atoms with van der Waals surface area (Å²) in [4.78, 5) is 45.2. The summed E-state index contributed by atoms with van der Waals surface area (Å²) >= 11 is 11.8. The standard InChI is InChI=1S/C27H34BrClN2O5S/c1-5-12-30(18-11-9-8-10-17(18)29)25(34)23-27-13-16(28)22(37-27)20(26(35)36-7-3)21(27)24(33)31(23)19(14-32)15(4)6-2/h5,8-11,15-16,19-23,32H,1,6-7,12-14H2,2-4H3/t15-,16?,19-,20+,21-,22+,23?,27?/m0/s1. The fourth-order valence-electron chi connectivity index (χ4n) is 6.28. The molecule has 2 amide bonds. The second kappa shape index (κ2) is 11.3. The van der Waals surface area contributed by atoms with Crippen LogP contribution in [-0.2, 0) is 19.1 Å². The highest BCUT2D eigenvalue weighted by Crippen LogP contribution is 2.68. The van der Waals surface area contributed by atoms with Gasteiger partial charge in [0.25, 0.3) is 5.91 Å². The number of alkyl halides is 1. The molecular weight excluding hydrogens is 580 g/mol. The number of aliphatic hydroxyl groups excluding tert-OH is 1. The predicted molar refractivity (Wildman–Crippen MR) is 150 cm³/mol. The number of carbonyl (C=O) groups excluding carboxylic acids is 3. The number of likely N-dealkylation sites (tertiary alicyclic amines) is 1. The summed E-state index contributed by atoms with van der Waals surface area (Å²) < 4.78 is 4.58. The molecule has 3 saturated heterocycles. The van der Waals surface area contributed by atoms with Crippen molar-refractivity contribution in [2.45, 2.75) is 60.5 Å². The Labute approximate surface area is 236 Å². The van der Waals surface area contributed by atoms with Gasteiger partial charge in [0, 0.05) is 16.6 Å². The fourth-order valence-corrected chi connectivity index (χ4v) is 10.1. The van der Waals surface area contributed by atoms with Gasteiger partial charge in [-0.15, -0.1) is 18.3 Å². The van der Waals surface area contributed by atoms with E-state index in [0.717, 1.165) is 0 Å². The maximum atomic E-state index is 14.6. The Morgan fingerprint density at radius 3 is 2.70 bits per heavy atom. The van der Waals surface area contributed by atoms with Crippen LogP contribution < -0.4 is 4.90 Å². The fraction of sp³-hybridized carbons (Fsp3) is 0.593. The van der Waals surface area contributed by atoms with Crippen LogP contribution in [0.25, 0.3) is 0 Å². The van der Waals surface area contributed by atoms with Crippen LogP contribution in [0.3, 0.4) is 0 Å². The van der Waals surface area contributed by atoms with Crippen LogP contribution in [-0.4, -0.2) is 74.5 Å². The molecular formula is C27H34BrClN2O5S. The lowest BCUT2D eigenvalue weighted by atomic mass is 9.71. The first-order valence-corrected chi connectivity index (χ1v) is 14.9. The van der Waals surface area contributed by atoms with Crippen molar-refractivity contribution in [1.29, 1.82) is 0 Å². The average molecular weight is 614 g/mol. The molecule has 0 aromatic heterocycles. The van der Waals surface area contributed by atoms with E-state index < -0.39 is 34.6 Å². The number of halogens is 2. The lowest BCUT2D eigenvalue weighted by molar-refractivity contribution is -0.154. The van der Waals surface area contributed by atoms with Gasteiger partial charge in [-0.3, -0.25) is 14.4 Å². The van der Waals surface area contributed by atoms with Gasteiger partial charge in [0.1, 0.15) is 6.04 Å². The molecule has 202 valence electrons. The van der Waals surface area contributed by atoms with E-state index in [1.165, 1.54) is 0 Å². The number of benzene rings is 1. The zero-order valence-corrected chi connectivity index (χ0v) is 24.5. The Morgan fingerprint density at radius 1 is 1.41 bits per heavy atom. The summed E-state index contributed by atoms with van der Waals surface area (Å²) in [6.07, 6.45) is 2.89. The summed E-state index contributed by atoms with van der Waals surface area (Å²) in [5, 5.41) is 10.7. The van der Waals surface area contributed by atoms with Crippen LogP contribution in [0.1, 0.15) is 33.6 Å². The highest BCUT2D eigenvalue weighted by atomic mass is 79.9. The molecule has 8 atom stereocenters. The Morgan fingerprint density at radius 2 is 2.11 bits per heavy atom. The van der Waals surface area contributed by atoms with Crippen molar-refractivity contribution in [3.8, 4) is 0 Å². The molecule has 3 aliphatic rings. The Bertz CT molecular complexity index is 1070. The van der Waals surface area contributed by atoms with Crippen molar-refractivity contribution >= 4 is 62.8 Å². The van der Waals surface area contributed by atoms with E-state index in [0.29, 0.717) is 23.6 Å². The quantitative estimate of drug-likeness (QED) is 0.241. The highest BCUT2D eigenvalue weighted by molar-refractivity contribution is 9.09. The first-order chi connectivity index (χ1) is 17.7. The normalized spacial score (nSPS) is 31.7. The molecule has 3 heterocycles. The Balaban J connectivity index is 1.88. The molecule has 4 rings (SSSR count). The van der Waals surface area contributed by atoms with E-state index in [-0.39, 0.29) is 47.6 Å². The van der Waals surface area contributed by atoms with Crippen molar-refractivity contribution in [3.05, 3.63) is 41.9 Å². The van der Waals surface area contributed by atoms with Crippen molar-refractivity contribution in [3.63, 3.8) is 0 Å². The van der Waals surface area contributed by atoms with Gasteiger partial charge in [0.2, 0.25) is 5.91 Å². The number of hydrogen-bond donors (Lipinski definition) is 1. The Kier molecular flexibility index (Phi) is 8.68. The zero-order valence-electron chi connectivity index (χ0n) is 21.3. The lowest BCUT2D eigenvalue weighted by Crippen LogP contribution is -2.59. The van der Waals surface area contributed by atoms with E-state index >= 15 is 0 Å². The van der Waals surface area contributed by atoms with E-state index in [2.05, 4.69) is 22.5 Å². The van der Waals surface area contributed by atoms with Gasteiger partial charge < -0.3 is 19.6 Å². The number of rotatable bonds is 10. The molecule has 1 spiro atoms. The number of hydrogen-bond acceptors (Lipinski definition) is 6. The number of esters is 1. The van der Waals surface area contributed by atoms with Crippen LogP contribution in [0.15, 0.2) is 36.9 Å². The molecule has 0 radical (unpaired) electrons. The lowest BCUT2D eigenvalue weighted by Gasteiger charge is -2.41. The summed E-state index contributed by atoms with van der Waals surface area (Å²) in [6.45, 7) is 9.68. The van der Waals surface area contributed by atoms with Gasteiger partial charge in [-0.05, 0) is 31.4 Å². The van der Waals surface area contributed by atoms with E-state index in [4.69, 9.17) is 16.3 Å². The molecule has 1 aromatic carbocycles. The third-order valence-electron chi connectivity index (χ3n) is 8.09. The molecule has 10 heteroatoms. The van der Waals surface area contributed by atoms with Crippen LogP contribution >= 0.6 is 39.3 Å². The van der Waals surface area contributed by atoms with E-state index in [1.54, 1.807) is 58.8 Å². The van der Waals surface area contributed by atoms with Gasteiger partial charge >= 0.3 is 5.97 Å². The highest BCUT2D eigenvalue weighted by Gasteiger charge is 2.76. The molecule has 0 saturated carbocycles. The molecule has 3 fully saturated rings. The van der Waals surface area contributed by atoms with Crippen LogP contribution in [0.5, 0.6) is 0 Å². The van der Waals surface area contributed by atoms with Gasteiger partial charge in [-0.1, -0.05) is 66.0 Å². The molecule has 37 heavy (non-hydrogen) atoms. The zero-order chi connectivity index (χ0) is 27.1. The third kappa shape index (κ3) is 4.53. The Hall–Kier alpha value is -1.55. The summed E-state index contributed by atoms with van der Waals surface area (Å²) in [5.74, 6) is -2.39. The smallest absolute Gasteiger partial charge is 0.310 e. The number of carbonyl (C=O) groups is 3. The van der Waals surface area contributed by atoms with Crippen molar-refractivity contribution in [1.82, 2.24) is 4.90 Å². The summed E-state index contributed by atoms with van der Waals surface area (Å²) in [5.41, 5.74) is 0.528. The van der Waals surface area contributed by atoms with Crippen LogP contribution in [0, 0.1) is 17.8 Å². The summed E-state index contributed by atoms with van der Waals surface area (Å²) in [6, 6.07) is 5.63. The maximum Gasteiger partial charge on any atom is 0.310 e. The largest absolute Gasteiger partial charge is 0.466 e. The topological polar surface area (TPSA) is 87.2 Å². The second-order valence-corrected chi connectivity index (χ2v) is 13.1. The molecule has 1 aromatic rings. The van der Waals surface area contributed by atoms with E-state index in [9.17, 15) is 19.5 Å². The number of anilines is 1. The third-order valence-corrected chi connectivity index (χ3v) is 11.6. The SMILES string of the molecule is C=CCN(C(=O)C1N([C@@H](CO)[C@@H](C)CC)C(=O)[C@@H]2[C@@H](C(=O)OCC)[C@@H]3SC12CC3Br)c1ccccc1Cl. The first kappa shape index (κ1) is 28.5. The number of para-hydroxylation sites is 1. The minimum absolute atomic E-state index is 0.0596. The number of amides is 2. The number of nitrogens with zero attached hydrogens (tertiary/aromatic N) is 2. The van der Waals surface area contributed by atoms with Gasteiger partial charge in [0.05, 0.1) is 46.5 Å². The molecule has 7 nitrogen and oxygen atoms in total. The molecule has 0 aliphatic carbocycles. The predicted octanol–water partition coefficient (Wildman–Crippen LogP) is 4.29. The van der Waals surface area contributed by atoms with Crippen molar-refractivity contribution < 1.29 is 24.2 Å². The second-order valence-electron chi connectivity index (χ2n) is 9.99. The molecule has 3 unspecified atom stereocenters. The van der Waals surface area contributed by atoms with Crippen LogP contribution in [0.4, 0.5) is 5.69 Å². The van der Waals surface area contributed by atoms with E-state index in [1.807, 2.05) is 13.8 Å². The minimum Gasteiger partial charge on any atom is -0.466 e.